The number of aryl methyl sites for hydroxylation is 2. The van der Waals surface area contributed by atoms with Crippen LogP contribution in [-0.2, 0) is 5.75 Å². The number of thioether (sulfide) groups is 1. The Kier molecular flexibility index (Phi) is 4.62. The molecule has 0 atom stereocenters. The van der Waals surface area contributed by atoms with E-state index >= 15 is 0 Å². The lowest BCUT2D eigenvalue weighted by atomic mass is 10.1. The summed E-state index contributed by atoms with van der Waals surface area (Å²) in [6.07, 6.45) is 0. The first-order valence-corrected chi connectivity index (χ1v) is 7.29. The summed E-state index contributed by atoms with van der Waals surface area (Å²) in [5.41, 5.74) is 2.56. The largest absolute Gasteiger partial charge is 0.478 e. The molecule has 0 saturated heterocycles. The zero-order valence-electron chi connectivity index (χ0n) is 11.1. The van der Waals surface area contributed by atoms with Gasteiger partial charge in [0.25, 0.3) is 0 Å². The molecule has 0 spiro atoms. The van der Waals surface area contributed by atoms with Gasteiger partial charge < -0.3 is 5.11 Å². The fourth-order valence-corrected chi connectivity index (χ4v) is 3.07. The van der Waals surface area contributed by atoms with E-state index in [0.717, 1.165) is 11.4 Å². The van der Waals surface area contributed by atoms with Gasteiger partial charge in [-0.15, -0.1) is 0 Å². The molecule has 0 unspecified atom stereocenters. The summed E-state index contributed by atoms with van der Waals surface area (Å²) in [6.45, 7) is 3.63. The number of carboxylic acid groups (broad SMARTS) is 1. The third-order valence-corrected chi connectivity index (χ3v) is 3.87. The van der Waals surface area contributed by atoms with Crippen LogP contribution in [0, 0.1) is 13.8 Å². The maximum Gasteiger partial charge on any atom is 0.338 e. The highest BCUT2D eigenvalue weighted by atomic mass is 35.5. The molecule has 0 aliphatic heterocycles. The van der Waals surface area contributed by atoms with Crippen LogP contribution < -0.4 is 0 Å². The maximum atomic E-state index is 11.3. The average Bonchev–Trinajstić information content (AvgIpc) is 2.35. The van der Waals surface area contributed by atoms with Crippen LogP contribution in [0.4, 0.5) is 0 Å². The monoisotopic (exact) mass is 308 g/mol. The molecule has 0 radical (unpaired) electrons. The normalized spacial score (nSPS) is 10.6. The van der Waals surface area contributed by atoms with E-state index in [1.165, 1.54) is 11.8 Å². The molecule has 6 heteroatoms. The summed E-state index contributed by atoms with van der Waals surface area (Å²) in [5.74, 6) is -0.437. The van der Waals surface area contributed by atoms with Crippen molar-refractivity contribution in [1.82, 2.24) is 9.97 Å². The fraction of sp³-hybridized carbons (Fsp3) is 0.214. The van der Waals surface area contributed by atoms with Crippen molar-refractivity contribution >= 4 is 29.3 Å². The first-order valence-electron chi connectivity index (χ1n) is 5.93. The zero-order valence-corrected chi connectivity index (χ0v) is 12.6. The number of carbonyl (C=O) groups is 1. The number of carboxylic acids is 1. The molecule has 0 aliphatic carbocycles. The van der Waals surface area contributed by atoms with Gasteiger partial charge in [0.15, 0.2) is 0 Å². The molecule has 2 aromatic rings. The topological polar surface area (TPSA) is 63.1 Å². The van der Waals surface area contributed by atoms with Crippen molar-refractivity contribution in [1.29, 1.82) is 0 Å². The van der Waals surface area contributed by atoms with Crippen LogP contribution >= 0.6 is 23.4 Å². The smallest absolute Gasteiger partial charge is 0.338 e. The first kappa shape index (κ1) is 14.8. The lowest BCUT2D eigenvalue weighted by Gasteiger charge is -2.09. The van der Waals surface area contributed by atoms with E-state index in [1.54, 1.807) is 19.1 Å². The van der Waals surface area contributed by atoms with Gasteiger partial charge in [0.1, 0.15) is 10.2 Å². The van der Waals surface area contributed by atoms with E-state index in [1.807, 2.05) is 19.1 Å². The molecule has 0 amide bonds. The van der Waals surface area contributed by atoms with Gasteiger partial charge in [-0.1, -0.05) is 29.4 Å². The van der Waals surface area contributed by atoms with E-state index in [9.17, 15) is 9.90 Å². The van der Waals surface area contributed by atoms with Crippen LogP contribution in [0.3, 0.4) is 0 Å². The zero-order chi connectivity index (χ0) is 14.7. The Balaban J connectivity index is 2.27. The number of rotatable bonds is 4. The third-order valence-electron chi connectivity index (χ3n) is 2.65. The third kappa shape index (κ3) is 3.49. The Morgan fingerprint density at radius 1 is 1.35 bits per heavy atom. The molecule has 0 bridgehead atoms. The standard InChI is InChI=1S/C14H13ClN2O2S/c1-8-6-9(2)16-13(12(8)14(18)19)20-7-10-4-3-5-11(15)17-10/h3-6H,7H2,1-2H3,(H,18,19). The highest BCUT2D eigenvalue weighted by Gasteiger charge is 2.16. The molecule has 2 aromatic heterocycles. The van der Waals surface area contributed by atoms with E-state index < -0.39 is 5.97 Å². The van der Waals surface area contributed by atoms with Crippen molar-refractivity contribution in [3.8, 4) is 0 Å². The molecule has 0 aliphatic rings. The van der Waals surface area contributed by atoms with Crippen LogP contribution in [0.15, 0.2) is 29.3 Å². The number of aromatic carboxylic acids is 1. The SMILES string of the molecule is Cc1cc(C)c(C(=O)O)c(SCc2cccc(Cl)n2)n1. The molecule has 4 nitrogen and oxygen atoms in total. The second kappa shape index (κ2) is 6.24. The Morgan fingerprint density at radius 2 is 2.10 bits per heavy atom. The van der Waals surface area contributed by atoms with Crippen molar-refractivity contribution in [2.45, 2.75) is 24.6 Å². The highest BCUT2D eigenvalue weighted by Crippen LogP contribution is 2.27. The molecule has 0 aromatic carbocycles. The van der Waals surface area contributed by atoms with Crippen molar-refractivity contribution < 1.29 is 9.90 Å². The summed E-state index contributed by atoms with van der Waals surface area (Å²) in [6, 6.07) is 7.14. The van der Waals surface area contributed by atoms with Crippen LogP contribution in [0.1, 0.15) is 27.3 Å². The van der Waals surface area contributed by atoms with Gasteiger partial charge >= 0.3 is 5.97 Å². The Hall–Kier alpha value is -1.59. The second-order valence-electron chi connectivity index (χ2n) is 4.31. The van der Waals surface area contributed by atoms with Gasteiger partial charge in [-0.3, -0.25) is 0 Å². The maximum absolute atomic E-state index is 11.3. The number of halogens is 1. The Morgan fingerprint density at radius 3 is 2.75 bits per heavy atom. The van der Waals surface area contributed by atoms with Gasteiger partial charge in [0, 0.05) is 11.4 Å². The van der Waals surface area contributed by atoms with Crippen molar-refractivity contribution in [3.63, 3.8) is 0 Å². The predicted molar refractivity (Wildman–Crippen MR) is 79.5 cm³/mol. The minimum Gasteiger partial charge on any atom is -0.478 e. The summed E-state index contributed by atoms with van der Waals surface area (Å²) in [7, 11) is 0. The lowest BCUT2D eigenvalue weighted by Crippen LogP contribution is -2.05. The van der Waals surface area contributed by atoms with Gasteiger partial charge in [0.2, 0.25) is 0 Å². The van der Waals surface area contributed by atoms with E-state index in [0.29, 0.717) is 21.5 Å². The van der Waals surface area contributed by atoms with E-state index in [-0.39, 0.29) is 5.56 Å². The molecule has 0 saturated carbocycles. The molecule has 2 heterocycles. The minimum atomic E-state index is -0.962. The van der Waals surface area contributed by atoms with Crippen molar-refractivity contribution in [2.75, 3.05) is 0 Å². The summed E-state index contributed by atoms with van der Waals surface area (Å²) >= 11 is 7.18. The lowest BCUT2D eigenvalue weighted by molar-refractivity contribution is 0.0691. The second-order valence-corrected chi connectivity index (χ2v) is 5.66. The molecule has 0 fully saturated rings. The van der Waals surface area contributed by atoms with Crippen LogP contribution in [0.25, 0.3) is 0 Å². The number of hydrogen-bond donors (Lipinski definition) is 1. The minimum absolute atomic E-state index is 0.252. The van der Waals surface area contributed by atoms with Crippen LogP contribution in [0.5, 0.6) is 0 Å². The average molecular weight is 309 g/mol. The van der Waals surface area contributed by atoms with Crippen LogP contribution in [0.2, 0.25) is 5.15 Å². The molecular formula is C14H13ClN2O2S. The number of nitrogens with zero attached hydrogens (tertiary/aromatic N) is 2. The van der Waals surface area contributed by atoms with Crippen LogP contribution in [-0.4, -0.2) is 21.0 Å². The molecule has 20 heavy (non-hydrogen) atoms. The summed E-state index contributed by atoms with van der Waals surface area (Å²) < 4.78 is 0. The van der Waals surface area contributed by atoms with Gasteiger partial charge in [0.05, 0.1) is 11.3 Å². The molecular weight excluding hydrogens is 296 g/mol. The summed E-state index contributed by atoms with van der Waals surface area (Å²) in [5, 5.41) is 10.2. The Labute approximate surface area is 126 Å². The molecule has 2 rings (SSSR count). The molecule has 104 valence electrons. The van der Waals surface area contributed by atoms with E-state index in [2.05, 4.69) is 9.97 Å². The predicted octanol–water partition coefficient (Wildman–Crippen LogP) is 3.74. The summed E-state index contributed by atoms with van der Waals surface area (Å²) in [4.78, 5) is 19.8. The van der Waals surface area contributed by atoms with Gasteiger partial charge in [-0.05, 0) is 37.6 Å². The fourth-order valence-electron chi connectivity index (χ4n) is 1.84. The Bertz CT molecular complexity index is 662. The van der Waals surface area contributed by atoms with Gasteiger partial charge in [-0.2, -0.15) is 0 Å². The number of pyridine rings is 2. The van der Waals surface area contributed by atoms with Crippen molar-refractivity contribution in [2.24, 2.45) is 0 Å². The first-order chi connectivity index (χ1) is 9.47. The number of hydrogen-bond acceptors (Lipinski definition) is 4. The highest BCUT2D eigenvalue weighted by molar-refractivity contribution is 7.98. The molecule has 1 N–H and O–H groups in total. The van der Waals surface area contributed by atoms with E-state index in [4.69, 9.17) is 11.6 Å². The quantitative estimate of drug-likeness (QED) is 0.688. The van der Waals surface area contributed by atoms with Crippen molar-refractivity contribution in [3.05, 3.63) is 51.9 Å². The van der Waals surface area contributed by atoms with Gasteiger partial charge in [-0.25, -0.2) is 14.8 Å². The number of aromatic nitrogens is 2.